The molecule has 0 fully saturated rings. The molecule has 0 spiro atoms. The van der Waals surface area contributed by atoms with Crippen molar-refractivity contribution < 1.29 is 21.1 Å². The third-order valence-corrected chi connectivity index (χ3v) is 18.1. The number of aryl methyl sites for hydroxylation is 4. The molecule has 3 aromatic heterocycles. The fourth-order valence-electron chi connectivity index (χ4n) is 12.5. The Balaban J connectivity index is 0.0000106. The Morgan fingerprint density at radius 3 is 0.951 bits per heavy atom. The summed E-state index contributed by atoms with van der Waals surface area (Å²) in [4.78, 5) is 20.8. The van der Waals surface area contributed by atoms with E-state index in [1.807, 2.05) is 0 Å². The van der Waals surface area contributed by atoms with Crippen molar-refractivity contribution in [3.8, 4) is 22.3 Å². The third-order valence-electron chi connectivity index (χ3n) is 18.1. The van der Waals surface area contributed by atoms with Crippen LogP contribution in [-0.4, -0.2) is 19.9 Å². The number of aromatic amines is 2. The summed E-state index contributed by atoms with van der Waals surface area (Å²) in [6, 6.07) is 20.0. The Bertz CT molecular complexity index is 3020. The molecule has 0 saturated carbocycles. The summed E-state index contributed by atoms with van der Waals surface area (Å²) in [6.07, 6.45) is 23.4. The van der Waals surface area contributed by atoms with Crippen LogP contribution >= 0.6 is 0 Å². The number of hydrogen-bond donors (Lipinski definition) is 2. The van der Waals surface area contributed by atoms with E-state index in [0.29, 0.717) is 0 Å². The van der Waals surface area contributed by atoms with Gasteiger partial charge in [0.25, 0.3) is 0 Å². The van der Waals surface area contributed by atoms with Gasteiger partial charge in [-0.3, -0.25) is 0 Å². The van der Waals surface area contributed by atoms with Gasteiger partial charge in [0.05, 0.1) is 33.8 Å². The second-order valence-corrected chi connectivity index (χ2v) is 28.8. The smallest absolute Gasteiger partial charge is 0.0769 e. The summed E-state index contributed by atoms with van der Waals surface area (Å²) in [6.45, 7) is 47.4. The number of rotatable bonds is 22. The zero-order valence-corrected chi connectivity index (χ0v) is 57.2. The molecule has 2 aliphatic rings. The van der Waals surface area contributed by atoms with Crippen molar-refractivity contribution in [2.75, 3.05) is 0 Å². The van der Waals surface area contributed by atoms with Gasteiger partial charge in [-0.25, -0.2) is 9.97 Å². The number of hydrogen-bond acceptors (Lipinski definition) is 2. The van der Waals surface area contributed by atoms with Gasteiger partial charge < -0.3 is 9.97 Å². The van der Waals surface area contributed by atoms with E-state index >= 15 is 0 Å². The second-order valence-electron chi connectivity index (χ2n) is 28.8. The number of H-pyrrole nitrogens is 2. The van der Waals surface area contributed by atoms with Crippen molar-refractivity contribution in [1.82, 2.24) is 19.9 Å². The van der Waals surface area contributed by atoms with Gasteiger partial charge in [0.15, 0.2) is 0 Å². The van der Waals surface area contributed by atoms with E-state index in [1.165, 1.54) is 188 Å². The number of allylic oxidation sites excluding steroid dienone is 4. The number of unbranched alkanes of at least 4 members (excludes halogenated alkanes) is 12. The number of nitrogens with one attached hydrogen (secondary N) is 2. The molecule has 5 heteroatoms. The zero-order valence-electron chi connectivity index (χ0n) is 55.0. The molecule has 0 amide bonds. The molecule has 0 atom stereocenters. The minimum Gasteiger partial charge on any atom is -0.354 e. The van der Waals surface area contributed by atoms with E-state index < -0.39 is 0 Å². The molecule has 5 aromatic rings. The predicted molar refractivity (Wildman–Crippen MR) is 354 cm³/mol. The van der Waals surface area contributed by atoms with E-state index in [0.717, 1.165) is 74.1 Å². The van der Waals surface area contributed by atoms with Crippen LogP contribution in [0.25, 0.3) is 66.6 Å². The first-order valence-electron chi connectivity index (χ1n) is 32.3. The van der Waals surface area contributed by atoms with Crippen molar-refractivity contribution in [3.05, 3.63) is 116 Å². The van der Waals surface area contributed by atoms with Gasteiger partial charge >= 0.3 is 0 Å². The number of benzene rings is 2. The van der Waals surface area contributed by atoms with Crippen LogP contribution in [0.2, 0.25) is 0 Å². The molecule has 0 radical (unpaired) electrons. The van der Waals surface area contributed by atoms with Crippen LogP contribution in [0.5, 0.6) is 0 Å². The minimum atomic E-state index is -0.0592. The summed E-state index contributed by atoms with van der Waals surface area (Å²) < 4.78 is 0. The van der Waals surface area contributed by atoms with E-state index in [2.05, 4.69) is 197 Å². The normalized spacial score (nSPS) is 13.5. The van der Waals surface area contributed by atoms with Gasteiger partial charge in [-0.2, -0.15) is 0 Å². The Morgan fingerprint density at radius 1 is 0.358 bits per heavy atom. The standard InChI is InChI=1S/C76H110N4.Pt/c1-21-25-29-33-37-59-49(5)69-67(53-41-55(73(9,10)11)45-56(42-53)74(12,13)14)70-51(7)61(39-35-31-27-23-3)65(79-70)48-66-62(40-36-32-28-24-4)52(8)72(80-66)68(54-43-57(75(15,16)17)46-58(44-54)76(18,19)20)71-50(6)60(38-34-30-26-22-2)64(78-71)47-63(59)77-69;/h41-48,77,79H,21-40H2,1-20H3;. The molecule has 2 aromatic carbocycles. The molecular formula is C76H110N4Pt. The molecule has 7 rings (SSSR count). The summed E-state index contributed by atoms with van der Waals surface area (Å²) in [7, 11) is 0. The van der Waals surface area contributed by atoms with Gasteiger partial charge in [-0.05, 0) is 191 Å². The first-order valence-corrected chi connectivity index (χ1v) is 32.3. The Morgan fingerprint density at radius 2 is 0.654 bits per heavy atom. The number of fused-ring (bicyclic) bond motifs is 8. The van der Waals surface area contributed by atoms with Crippen LogP contribution in [0, 0.1) is 13.8 Å². The molecule has 5 heterocycles. The van der Waals surface area contributed by atoms with Crippen molar-refractivity contribution in [3.63, 3.8) is 0 Å². The average Bonchev–Trinajstić information content (AvgIpc) is 4.07. The average molecular weight is 1270 g/mol. The van der Waals surface area contributed by atoms with Crippen LogP contribution < -0.4 is 0 Å². The minimum absolute atomic E-state index is 0. The third kappa shape index (κ3) is 15.4. The topological polar surface area (TPSA) is 57.4 Å². The van der Waals surface area contributed by atoms with Crippen molar-refractivity contribution in [1.29, 1.82) is 0 Å². The molecular weight excluding hydrogens is 1160 g/mol. The first-order chi connectivity index (χ1) is 37.7. The molecule has 0 unspecified atom stereocenters. The van der Waals surface area contributed by atoms with Crippen molar-refractivity contribution in [2.24, 2.45) is 0 Å². The fourth-order valence-corrected chi connectivity index (χ4v) is 12.5. The fraction of sp³-hybridized carbons (Fsp3) is 0.579. The molecule has 4 nitrogen and oxygen atoms in total. The summed E-state index contributed by atoms with van der Waals surface area (Å²) in [5.74, 6) is 0. The Kier molecular flexibility index (Phi) is 22.5. The summed E-state index contributed by atoms with van der Waals surface area (Å²) >= 11 is 0. The Hall–Kier alpha value is -4.27. The maximum atomic E-state index is 6.05. The van der Waals surface area contributed by atoms with Gasteiger partial charge in [-0.15, -0.1) is 0 Å². The largest absolute Gasteiger partial charge is 0.354 e. The molecule has 444 valence electrons. The monoisotopic (exact) mass is 1270 g/mol. The number of aromatic nitrogens is 4. The Labute approximate surface area is 508 Å². The van der Waals surface area contributed by atoms with Crippen LogP contribution in [-0.2, 0) is 55.6 Å². The van der Waals surface area contributed by atoms with Crippen LogP contribution in [0.3, 0.4) is 0 Å². The van der Waals surface area contributed by atoms with E-state index in [-0.39, 0.29) is 42.7 Å². The second kappa shape index (κ2) is 27.6. The van der Waals surface area contributed by atoms with Crippen LogP contribution in [0.4, 0.5) is 0 Å². The maximum absolute atomic E-state index is 6.05. The van der Waals surface area contributed by atoms with E-state index in [4.69, 9.17) is 9.97 Å². The maximum Gasteiger partial charge on any atom is 0.0769 e. The zero-order chi connectivity index (χ0) is 58.5. The SMILES string of the molecule is CCCCCCC1=C(C)c2nc1cc1[nH]c(c(C)c1CCCCCC)c(-c1cc(C(C)(C)C)cc(C(C)(C)C)c1)c1[nH]c(cc3nc(c2-c2cc(C(C)(C)C)cc(C(C)(C)C)c2)C(C)=C3CCCCCC)c(CCCCCC)c1C.[Pt]. The first kappa shape index (κ1) is 65.9. The van der Waals surface area contributed by atoms with E-state index in [1.54, 1.807) is 0 Å². The van der Waals surface area contributed by atoms with Crippen LogP contribution in [0.15, 0.2) is 48.5 Å². The van der Waals surface area contributed by atoms with Crippen LogP contribution in [0.1, 0.15) is 307 Å². The molecule has 8 bridgehead atoms. The number of nitrogens with zero attached hydrogens (tertiary/aromatic N) is 2. The molecule has 81 heavy (non-hydrogen) atoms. The summed E-state index contributed by atoms with van der Waals surface area (Å²) in [5.41, 5.74) is 30.4. The van der Waals surface area contributed by atoms with Crippen molar-refractivity contribution >= 4 is 44.4 Å². The molecule has 2 N–H and O–H groups in total. The van der Waals surface area contributed by atoms with Gasteiger partial charge in [0.2, 0.25) is 0 Å². The molecule has 2 aliphatic heterocycles. The van der Waals surface area contributed by atoms with Gasteiger partial charge in [-0.1, -0.05) is 224 Å². The quantitative estimate of drug-likeness (QED) is 0.0679. The summed E-state index contributed by atoms with van der Waals surface area (Å²) in [5, 5.41) is 0. The molecule has 0 aliphatic carbocycles. The van der Waals surface area contributed by atoms with Gasteiger partial charge in [0, 0.05) is 43.2 Å². The molecule has 0 saturated heterocycles. The van der Waals surface area contributed by atoms with Gasteiger partial charge in [0.1, 0.15) is 0 Å². The van der Waals surface area contributed by atoms with E-state index in [9.17, 15) is 0 Å². The van der Waals surface area contributed by atoms with Crippen molar-refractivity contribution in [2.45, 2.75) is 289 Å². The predicted octanol–water partition coefficient (Wildman–Crippen LogP) is 23.5.